The van der Waals surface area contributed by atoms with Crippen molar-refractivity contribution in [2.75, 3.05) is 31.0 Å². The summed E-state index contributed by atoms with van der Waals surface area (Å²) in [5.41, 5.74) is 7.38. The van der Waals surface area contributed by atoms with E-state index in [1.165, 1.54) is 6.07 Å². The highest BCUT2D eigenvalue weighted by Crippen LogP contribution is 2.33. The number of ketones is 1. The van der Waals surface area contributed by atoms with Crippen molar-refractivity contribution in [1.82, 2.24) is 5.32 Å². The van der Waals surface area contributed by atoms with Gasteiger partial charge in [-0.3, -0.25) is 10.1 Å². The van der Waals surface area contributed by atoms with Crippen LogP contribution in [0.2, 0.25) is 0 Å². The minimum Gasteiger partial charge on any atom is -0.616 e. The fourth-order valence-electron chi connectivity index (χ4n) is 4.28. The minimum atomic E-state index is -4.77. The minimum absolute atomic E-state index is 0.0171. The smallest absolute Gasteiger partial charge is 0.427 e. The van der Waals surface area contributed by atoms with Crippen LogP contribution in [0, 0.1) is 11.7 Å². The number of alkyl halides is 3. The lowest BCUT2D eigenvalue weighted by Crippen LogP contribution is -2.51. The molecule has 1 fully saturated rings. The average Bonchev–Trinajstić information content (AvgIpc) is 2.82. The van der Waals surface area contributed by atoms with Crippen molar-refractivity contribution in [2.24, 2.45) is 5.92 Å². The van der Waals surface area contributed by atoms with E-state index in [1.807, 2.05) is 18.2 Å². The molecule has 0 spiro atoms. The Bertz CT molecular complexity index is 1120. The Hall–Kier alpha value is -2.34. The molecular weight excluding hydrogens is 524 g/mol. The highest BCUT2D eigenvalue weighted by molar-refractivity contribution is 7.91. The third-order valence-electron chi connectivity index (χ3n) is 6.42. The molecule has 0 bridgehead atoms. The molecule has 0 aliphatic carbocycles. The molecular formula is C27H34F4N2O4S. The number of Topliss-reactive ketones (excluding diaryl/α,β-unsaturated/α-hetero) is 1. The number of nitrogens with one attached hydrogen (secondary N) is 1. The van der Waals surface area contributed by atoms with E-state index in [0.717, 1.165) is 24.3 Å². The summed E-state index contributed by atoms with van der Waals surface area (Å²) < 4.78 is 76.5. The number of hydrogen-bond donors (Lipinski definition) is 2. The lowest BCUT2D eigenvalue weighted by atomic mass is 9.86. The second kappa shape index (κ2) is 12.2. The van der Waals surface area contributed by atoms with E-state index in [2.05, 4.69) is 36.9 Å². The van der Waals surface area contributed by atoms with Crippen molar-refractivity contribution in [2.45, 2.75) is 57.5 Å². The van der Waals surface area contributed by atoms with Gasteiger partial charge in [0.15, 0.2) is 5.78 Å². The zero-order chi connectivity index (χ0) is 28.3. The first-order valence-corrected chi connectivity index (χ1v) is 13.7. The molecule has 1 aliphatic heterocycles. The van der Waals surface area contributed by atoms with Gasteiger partial charge in [0.2, 0.25) is 6.10 Å². The van der Waals surface area contributed by atoms with E-state index in [9.17, 15) is 26.9 Å². The maximum absolute atomic E-state index is 14.5. The van der Waals surface area contributed by atoms with Crippen molar-refractivity contribution < 1.29 is 36.4 Å². The summed E-state index contributed by atoms with van der Waals surface area (Å²) in [7, 11) is 1.09. The van der Waals surface area contributed by atoms with E-state index >= 15 is 0 Å². The summed E-state index contributed by atoms with van der Waals surface area (Å²) in [6.45, 7) is 5.91. The predicted molar refractivity (Wildman–Crippen MR) is 139 cm³/mol. The molecule has 210 valence electrons. The number of rotatable bonds is 9. The van der Waals surface area contributed by atoms with Gasteiger partial charge in [0, 0.05) is 13.7 Å². The molecule has 0 unspecified atom stereocenters. The molecule has 1 aliphatic rings. The molecule has 3 N–H and O–H groups in total. The quantitative estimate of drug-likeness (QED) is 0.271. The summed E-state index contributed by atoms with van der Waals surface area (Å²) in [5, 5.41) is 3.20. The number of methoxy groups -OCH3 is 1. The van der Waals surface area contributed by atoms with E-state index in [4.69, 9.17) is 10.5 Å². The van der Waals surface area contributed by atoms with Crippen molar-refractivity contribution in [3.8, 4) is 5.75 Å². The molecule has 0 amide bonds. The first kappa shape index (κ1) is 30.2. The van der Waals surface area contributed by atoms with Crippen LogP contribution in [0.15, 0.2) is 36.4 Å². The monoisotopic (exact) mass is 558 g/mol. The van der Waals surface area contributed by atoms with Crippen LogP contribution in [0.1, 0.15) is 37.5 Å². The zero-order valence-corrected chi connectivity index (χ0v) is 22.7. The van der Waals surface area contributed by atoms with Crippen LogP contribution in [-0.4, -0.2) is 53.9 Å². The molecule has 3 rings (SSSR count). The lowest BCUT2D eigenvalue weighted by Gasteiger charge is -2.30. The second-order valence-electron chi connectivity index (χ2n) is 10.6. The number of halogens is 4. The van der Waals surface area contributed by atoms with Gasteiger partial charge in [-0.2, -0.15) is 13.2 Å². The number of nitrogen functional groups attached to an aromatic ring is 1. The molecule has 0 aromatic heterocycles. The van der Waals surface area contributed by atoms with Crippen molar-refractivity contribution >= 4 is 22.6 Å². The number of hydrogen-bond acceptors (Lipinski definition) is 6. The van der Waals surface area contributed by atoms with Crippen LogP contribution < -0.4 is 15.8 Å². The van der Waals surface area contributed by atoms with E-state index < -0.39 is 59.3 Å². The van der Waals surface area contributed by atoms with Crippen LogP contribution in [0.3, 0.4) is 0 Å². The van der Waals surface area contributed by atoms with Crippen molar-refractivity contribution in [3.05, 3.63) is 58.9 Å². The highest BCUT2D eigenvalue weighted by Gasteiger charge is 2.43. The summed E-state index contributed by atoms with van der Waals surface area (Å²) in [6, 6.07) is 9.58. The van der Waals surface area contributed by atoms with Crippen molar-refractivity contribution in [1.29, 1.82) is 0 Å². The topological polar surface area (TPSA) is 96.6 Å². The normalized spacial score (nSPS) is 21.4. The molecule has 0 radical (unpaired) electrons. The van der Waals surface area contributed by atoms with Crippen LogP contribution in [-0.2, 0) is 39.1 Å². The number of ether oxygens (including phenoxy) is 2. The van der Waals surface area contributed by atoms with Crippen LogP contribution in [0.5, 0.6) is 5.75 Å². The Labute approximate surface area is 223 Å². The largest absolute Gasteiger partial charge is 0.616 e. The first-order valence-electron chi connectivity index (χ1n) is 12.2. The van der Waals surface area contributed by atoms with E-state index in [-0.39, 0.29) is 34.7 Å². The number of carbonyl (C=O) groups excluding carboxylic acids is 1. The van der Waals surface area contributed by atoms with Gasteiger partial charge in [-0.05, 0) is 40.7 Å². The van der Waals surface area contributed by atoms with Gasteiger partial charge in [0.05, 0.1) is 12.5 Å². The third kappa shape index (κ3) is 7.84. The molecule has 1 heterocycles. The third-order valence-corrected chi connectivity index (χ3v) is 7.90. The van der Waals surface area contributed by atoms with Gasteiger partial charge in [-0.15, -0.1) is 0 Å². The van der Waals surface area contributed by atoms with E-state index in [1.54, 1.807) is 0 Å². The van der Waals surface area contributed by atoms with Gasteiger partial charge in [-0.25, -0.2) is 4.39 Å². The maximum atomic E-state index is 14.5. The van der Waals surface area contributed by atoms with Gasteiger partial charge in [0.1, 0.15) is 34.8 Å². The summed E-state index contributed by atoms with van der Waals surface area (Å²) in [5.74, 6) is -2.11. The fourth-order valence-corrected chi connectivity index (χ4v) is 5.80. The highest BCUT2D eigenvalue weighted by atomic mass is 32.2. The number of nitrogens with two attached hydrogens (primary N) is 1. The lowest BCUT2D eigenvalue weighted by molar-refractivity contribution is -0.206. The van der Waals surface area contributed by atoms with Gasteiger partial charge < -0.3 is 19.8 Å². The Morgan fingerprint density at radius 1 is 1.16 bits per heavy atom. The van der Waals surface area contributed by atoms with Gasteiger partial charge >= 0.3 is 6.18 Å². The zero-order valence-electron chi connectivity index (χ0n) is 21.9. The van der Waals surface area contributed by atoms with Crippen molar-refractivity contribution in [3.63, 3.8) is 0 Å². The number of anilines is 1. The Morgan fingerprint density at radius 2 is 1.87 bits per heavy atom. The summed E-state index contributed by atoms with van der Waals surface area (Å²) >= 11 is -1.31. The van der Waals surface area contributed by atoms with Crippen LogP contribution >= 0.6 is 0 Å². The fraction of sp³-hybridized carbons (Fsp3) is 0.519. The van der Waals surface area contributed by atoms with Gasteiger partial charge in [-0.1, -0.05) is 56.2 Å². The Balaban J connectivity index is 1.74. The van der Waals surface area contributed by atoms with E-state index in [0.29, 0.717) is 6.54 Å². The predicted octanol–water partition coefficient (Wildman–Crippen LogP) is 4.31. The summed E-state index contributed by atoms with van der Waals surface area (Å²) in [6.07, 6.45) is -7.13. The van der Waals surface area contributed by atoms with Gasteiger partial charge in [0.25, 0.3) is 0 Å². The summed E-state index contributed by atoms with van der Waals surface area (Å²) in [4.78, 5) is 13.2. The molecule has 11 heteroatoms. The molecule has 2 aromatic rings. The molecule has 4 atom stereocenters. The Kier molecular flexibility index (Phi) is 9.72. The molecule has 38 heavy (non-hydrogen) atoms. The molecule has 0 saturated carbocycles. The number of carbonyl (C=O) groups is 1. The molecule has 1 saturated heterocycles. The van der Waals surface area contributed by atoms with Crippen LogP contribution in [0.4, 0.5) is 23.2 Å². The average molecular weight is 559 g/mol. The Morgan fingerprint density at radius 3 is 2.50 bits per heavy atom. The second-order valence-corrected chi connectivity index (χ2v) is 12.1. The van der Waals surface area contributed by atoms with Crippen LogP contribution in [0.25, 0.3) is 0 Å². The maximum Gasteiger partial charge on any atom is 0.427 e. The standard InChI is InChI=1S/C27H34F4N2O4S/c1-26(2,3)19-7-5-6-16(9-19)12-33-21-15-38(35)14-18(25(21)34)8-17-10-20(28)24(32)22(11-17)37-23(13-36-4)27(29,30)31/h5-7,9-11,18,21,23,33H,8,12-15,32H2,1-4H3/t18-,21+,23-,38-/m1/s1. The number of benzene rings is 2. The molecule has 2 aromatic carbocycles. The first-order chi connectivity index (χ1) is 17.7. The molecule has 6 nitrogen and oxygen atoms in total. The SMILES string of the molecule is COC[C@@H](Oc1cc(C[C@@H]2C[S@@+]([O-])C[C@H](NCc3cccc(C(C)(C)C)c3)C2=O)cc(F)c1N)C(F)(F)F.